The molecule has 0 heterocycles. The summed E-state index contributed by atoms with van der Waals surface area (Å²) in [7, 11) is 0. The second-order valence-corrected chi connectivity index (χ2v) is 4.51. The van der Waals surface area contributed by atoms with Crippen LogP contribution in [0.1, 0.15) is 51.4 Å². The Morgan fingerprint density at radius 1 is 1.00 bits per heavy atom. The van der Waals surface area contributed by atoms with Gasteiger partial charge in [0, 0.05) is 12.8 Å². The SMILES string of the molecule is O=C(O)CCCCCCC1=C(C(=O)O)C(=O)CC1. The molecule has 0 fully saturated rings. The first kappa shape index (κ1) is 14.4. The summed E-state index contributed by atoms with van der Waals surface area (Å²) in [5.74, 6) is -2.16. The van der Waals surface area contributed by atoms with Crippen LogP contribution in [0.3, 0.4) is 0 Å². The number of carbonyl (C=O) groups is 3. The van der Waals surface area contributed by atoms with Gasteiger partial charge in [0.05, 0.1) is 0 Å². The van der Waals surface area contributed by atoms with E-state index in [0.717, 1.165) is 24.8 Å². The normalized spacial score (nSPS) is 15.2. The van der Waals surface area contributed by atoms with Gasteiger partial charge in [-0.2, -0.15) is 0 Å². The van der Waals surface area contributed by atoms with Crippen molar-refractivity contribution >= 4 is 17.7 Å². The van der Waals surface area contributed by atoms with Crippen LogP contribution in [0, 0.1) is 0 Å². The summed E-state index contributed by atoms with van der Waals surface area (Å²) < 4.78 is 0. The van der Waals surface area contributed by atoms with Crippen molar-refractivity contribution in [2.24, 2.45) is 0 Å². The number of unbranched alkanes of at least 4 members (excludes halogenated alkanes) is 3. The van der Waals surface area contributed by atoms with E-state index in [1.807, 2.05) is 0 Å². The average Bonchev–Trinajstić information content (AvgIpc) is 2.64. The molecule has 2 N–H and O–H groups in total. The Balaban J connectivity index is 2.28. The van der Waals surface area contributed by atoms with Gasteiger partial charge in [-0.1, -0.05) is 18.4 Å². The number of allylic oxidation sites excluding steroid dienone is 1. The number of aliphatic carboxylic acids is 2. The summed E-state index contributed by atoms with van der Waals surface area (Å²) in [5.41, 5.74) is 0.742. The van der Waals surface area contributed by atoms with Crippen LogP contribution in [0.15, 0.2) is 11.1 Å². The van der Waals surface area contributed by atoms with Crippen LogP contribution in [-0.4, -0.2) is 27.9 Å². The Bertz CT molecular complexity index is 381. The lowest BCUT2D eigenvalue weighted by atomic mass is 10.0. The van der Waals surface area contributed by atoms with Crippen molar-refractivity contribution in [3.8, 4) is 0 Å². The Hall–Kier alpha value is -1.65. The van der Waals surface area contributed by atoms with Gasteiger partial charge in [-0.15, -0.1) is 0 Å². The molecule has 18 heavy (non-hydrogen) atoms. The minimum Gasteiger partial charge on any atom is -0.481 e. The van der Waals surface area contributed by atoms with Gasteiger partial charge in [-0.25, -0.2) is 4.79 Å². The van der Waals surface area contributed by atoms with Crippen molar-refractivity contribution in [3.63, 3.8) is 0 Å². The molecule has 1 aliphatic rings. The fourth-order valence-electron chi connectivity index (χ4n) is 2.20. The van der Waals surface area contributed by atoms with Gasteiger partial charge in [0.25, 0.3) is 0 Å². The predicted octanol–water partition coefficient (Wildman–Crippen LogP) is 2.16. The topological polar surface area (TPSA) is 91.7 Å². The molecule has 5 nitrogen and oxygen atoms in total. The first-order valence-corrected chi connectivity index (χ1v) is 6.22. The second-order valence-electron chi connectivity index (χ2n) is 4.51. The Morgan fingerprint density at radius 2 is 1.67 bits per heavy atom. The van der Waals surface area contributed by atoms with Crippen LogP contribution in [0.5, 0.6) is 0 Å². The molecule has 5 heteroatoms. The molecule has 0 spiro atoms. The van der Waals surface area contributed by atoms with Gasteiger partial charge >= 0.3 is 11.9 Å². The maximum absolute atomic E-state index is 11.3. The van der Waals surface area contributed by atoms with E-state index in [1.54, 1.807) is 0 Å². The number of carbonyl (C=O) groups excluding carboxylic acids is 1. The van der Waals surface area contributed by atoms with Crippen LogP contribution in [-0.2, 0) is 14.4 Å². The van der Waals surface area contributed by atoms with Crippen LogP contribution < -0.4 is 0 Å². The third-order valence-corrected chi connectivity index (χ3v) is 3.12. The molecule has 0 aliphatic heterocycles. The molecule has 1 aliphatic carbocycles. The van der Waals surface area contributed by atoms with E-state index in [9.17, 15) is 14.4 Å². The molecule has 0 atom stereocenters. The van der Waals surface area contributed by atoms with Crippen LogP contribution >= 0.6 is 0 Å². The van der Waals surface area contributed by atoms with Gasteiger partial charge < -0.3 is 10.2 Å². The van der Waals surface area contributed by atoms with Crippen molar-refractivity contribution in [1.29, 1.82) is 0 Å². The third kappa shape index (κ3) is 4.31. The van der Waals surface area contributed by atoms with Crippen LogP contribution in [0.2, 0.25) is 0 Å². The molecule has 0 saturated carbocycles. The number of Topliss-reactive ketones (excluding diaryl/α,β-unsaturated/α-hetero) is 1. The molecular formula is C13H18O5. The molecular weight excluding hydrogens is 236 g/mol. The first-order chi connectivity index (χ1) is 8.52. The number of ketones is 1. The third-order valence-electron chi connectivity index (χ3n) is 3.12. The highest BCUT2D eigenvalue weighted by Crippen LogP contribution is 2.27. The van der Waals surface area contributed by atoms with Gasteiger partial charge in [0.1, 0.15) is 5.57 Å². The molecule has 0 saturated heterocycles. The van der Waals surface area contributed by atoms with E-state index in [-0.39, 0.29) is 17.8 Å². The summed E-state index contributed by atoms with van der Waals surface area (Å²) in [6.45, 7) is 0. The van der Waals surface area contributed by atoms with Gasteiger partial charge in [0.2, 0.25) is 0 Å². The smallest absolute Gasteiger partial charge is 0.339 e. The summed E-state index contributed by atoms with van der Waals surface area (Å²) in [5, 5.41) is 17.4. The monoisotopic (exact) mass is 254 g/mol. The fourth-order valence-corrected chi connectivity index (χ4v) is 2.20. The Morgan fingerprint density at radius 3 is 2.28 bits per heavy atom. The largest absolute Gasteiger partial charge is 0.481 e. The van der Waals surface area contributed by atoms with E-state index in [1.165, 1.54) is 0 Å². The summed E-state index contributed by atoms with van der Waals surface area (Å²) in [6.07, 6.45) is 4.87. The Labute approximate surface area is 105 Å². The second kappa shape index (κ2) is 6.93. The first-order valence-electron chi connectivity index (χ1n) is 6.22. The minimum atomic E-state index is -1.11. The number of hydrogen-bond donors (Lipinski definition) is 2. The molecule has 0 radical (unpaired) electrons. The maximum Gasteiger partial charge on any atom is 0.339 e. The number of carboxylic acids is 2. The number of carboxylic acid groups (broad SMARTS) is 2. The molecule has 0 bridgehead atoms. The van der Waals surface area contributed by atoms with Crippen molar-refractivity contribution in [2.45, 2.75) is 51.4 Å². The van der Waals surface area contributed by atoms with Crippen molar-refractivity contribution in [2.75, 3.05) is 0 Å². The van der Waals surface area contributed by atoms with Crippen molar-refractivity contribution in [1.82, 2.24) is 0 Å². The summed E-state index contributed by atoms with van der Waals surface area (Å²) in [4.78, 5) is 32.5. The predicted molar refractivity (Wildman–Crippen MR) is 64.2 cm³/mol. The highest BCUT2D eigenvalue weighted by atomic mass is 16.4. The van der Waals surface area contributed by atoms with Gasteiger partial charge in [0.15, 0.2) is 5.78 Å². The van der Waals surface area contributed by atoms with Gasteiger partial charge in [-0.3, -0.25) is 9.59 Å². The lowest BCUT2D eigenvalue weighted by Gasteiger charge is -2.03. The number of hydrogen-bond acceptors (Lipinski definition) is 3. The zero-order valence-electron chi connectivity index (χ0n) is 10.3. The van der Waals surface area contributed by atoms with Crippen LogP contribution in [0.4, 0.5) is 0 Å². The van der Waals surface area contributed by atoms with Crippen molar-refractivity contribution in [3.05, 3.63) is 11.1 Å². The van der Waals surface area contributed by atoms with E-state index >= 15 is 0 Å². The molecule has 100 valence electrons. The summed E-state index contributed by atoms with van der Waals surface area (Å²) >= 11 is 0. The number of rotatable bonds is 8. The molecule has 0 aromatic carbocycles. The highest BCUT2D eigenvalue weighted by molar-refractivity contribution is 6.18. The van der Waals surface area contributed by atoms with Crippen molar-refractivity contribution < 1.29 is 24.6 Å². The average molecular weight is 254 g/mol. The van der Waals surface area contributed by atoms with E-state index < -0.39 is 11.9 Å². The van der Waals surface area contributed by atoms with Gasteiger partial charge in [-0.05, 0) is 25.7 Å². The zero-order chi connectivity index (χ0) is 13.5. The maximum atomic E-state index is 11.3. The highest BCUT2D eigenvalue weighted by Gasteiger charge is 2.27. The lowest BCUT2D eigenvalue weighted by Crippen LogP contribution is -2.08. The fraction of sp³-hybridized carbons (Fsp3) is 0.615. The van der Waals surface area contributed by atoms with Crippen LogP contribution in [0.25, 0.3) is 0 Å². The molecule has 1 rings (SSSR count). The lowest BCUT2D eigenvalue weighted by molar-refractivity contribution is -0.137. The zero-order valence-corrected chi connectivity index (χ0v) is 10.3. The Kier molecular flexibility index (Phi) is 5.55. The minimum absolute atomic E-state index is 0.0134. The van der Waals surface area contributed by atoms with E-state index in [4.69, 9.17) is 10.2 Å². The molecule has 0 amide bonds. The molecule has 0 aromatic rings. The van der Waals surface area contributed by atoms with E-state index in [2.05, 4.69) is 0 Å². The summed E-state index contributed by atoms with van der Waals surface area (Å²) in [6, 6.07) is 0. The quantitative estimate of drug-likeness (QED) is 0.511. The standard InChI is InChI=1S/C13H18O5/c14-10-8-7-9(12(10)13(17)18)5-3-1-2-4-6-11(15)16/h1-8H2,(H,15,16)(H,17,18). The van der Waals surface area contributed by atoms with E-state index in [0.29, 0.717) is 25.7 Å². The molecule has 0 aromatic heterocycles. The molecule has 0 unspecified atom stereocenters.